The predicted octanol–water partition coefficient (Wildman–Crippen LogP) is 4.04. The second-order valence-electron chi connectivity index (χ2n) is 8.18. The maximum absolute atomic E-state index is 14.5. The first-order chi connectivity index (χ1) is 13.3. The molecule has 1 amide bonds. The summed E-state index contributed by atoms with van der Waals surface area (Å²) < 4.78 is 41.7. The number of benzene rings is 1. The third-order valence-electron chi connectivity index (χ3n) is 6.19. The maximum Gasteiger partial charge on any atom is 0.254 e. The first-order valence-corrected chi connectivity index (χ1v) is 11.8. The summed E-state index contributed by atoms with van der Waals surface area (Å²) in [4.78, 5) is 14.7. The highest BCUT2D eigenvalue weighted by Gasteiger charge is 2.38. The van der Waals surface area contributed by atoms with Crippen molar-refractivity contribution in [3.8, 4) is 0 Å². The van der Waals surface area contributed by atoms with E-state index in [1.807, 2.05) is 11.8 Å². The highest BCUT2D eigenvalue weighted by Crippen LogP contribution is 2.33. The Balaban J connectivity index is 1.92. The molecule has 1 saturated carbocycles. The van der Waals surface area contributed by atoms with Crippen molar-refractivity contribution in [1.29, 1.82) is 0 Å². The van der Waals surface area contributed by atoms with Gasteiger partial charge < -0.3 is 4.90 Å². The molecule has 28 heavy (non-hydrogen) atoms. The normalized spacial score (nSPS) is 20.6. The van der Waals surface area contributed by atoms with Gasteiger partial charge in [-0.05, 0) is 56.7 Å². The summed E-state index contributed by atoms with van der Waals surface area (Å²) in [5.74, 6) is -0.665. The van der Waals surface area contributed by atoms with Gasteiger partial charge in [-0.15, -0.1) is 0 Å². The van der Waals surface area contributed by atoms with Gasteiger partial charge in [0.1, 0.15) is 10.7 Å². The molecule has 1 aliphatic heterocycles. The van der Waals surface area contributed by atoms with Crippen LogP contribution in [0.2, 0.25) is 0 Å². The molecule has 0 N–H and O–H groups in total. The number of rotatable bonds is 7. The second kappa shape index (κ2) is 8.49. The van der Waals surface area contributed by atoms with Crippen molar-refractivity contribution < 1.29 is 17.6 Å². The molecule has 2 fully saturated rings. The Morgan fingerprint density at radius 1 is 1.21 bits per heavy atom. The molecular weight excluding hydrogens is 379 g/mol. The molecule has 1 aliphatic carbocycles. The van der Waals surface area contributed by atoms with Gasteiger partial charge >= 0.3 is 0 Å². The molecule has 0 bridgehead atoms. The topological polar surface area (TPSA) is 57.7 Å². The van der Waals surface area contributed by atoms with Crippen LogP contribution in [-0.2, 0) is 10.0 Å². The minimum Gasteiger partial charge on any atom is -0.333 e. The molecule has 2 aliphatic rings. The molecule has 5 nitrogen and oxygen atoms in total. The van der Waals surface area contributed by atoms with Crippen LogP contribution in [-0.4, -0.2) is 48.7 Å². The molecule has 1 saturated heterocycles. The fraction of sp³-hybridized carbons (Fsp3) is 0.667. The van der Waals surface area contributed by atoms with Gasteiger partial charge in [0.15, 0.2) is 0 Å². The summed E-state index contributed by atoms with van der Waals surface area (Å²) in [5, 5.41) is 0. The zero-order chi connectivity index (χ0) is 20.5. The van der Waals surface area contributed by atoms with Gasteiger partial charge in [-0.3, -0.25) is 4.79 Å². The lowest BCUT2D eigenvalue weighted by molar-refractivity contribution is 0.0615. The van der Waals surface area contributed by atoms with Gasteiger partial charge in [-0.25, -0.2) is 12.8 Å². The minimum atomic E-state index is -3.93. The van der Waals surface area contributed by atoms with Crippen LogP contribution in [0.4, 0.5) is 4.39 Å². The van der Waals surface area contributed by atoms with Crippen LogP contribution in [0.1, 0.15) is 69.7 Å². The molecule has 1 heterocycles. The quantitative estimate of drug-likeness (QED) is 0.682. The molecular formula is C21H31FN2O3S. The largest absolute Gasteiger partial charge is 0.333 e. The van der Waals surface area contributed by atoms with Crippen molar-refractivity contribution in [2.75, 3.05) is 13.1 Å². The van der Waals surface area contributed by atoms with Crippen molar-refractivity contribution in [3.05, 3.63) is 29.6 Å². The van der Waals surface area contributed by atoms with Gasteiger partial charge in [-0.2, -0.15) is 4.31 Å². The van der Waals surface area contributed by atoms with Crippen molar-refractivity contribution >= 4 is 15.9 Å². The predicted molar refractivity (Wildman–Crippen MR) is 107 cm³/mol. The Hall–Kier alpha value is -1.47. The average Bonchev–Trinajstić information content (AvgIpc) is 3.53. The molecule has 2 atom stereocenters. The van der Waals surface area contributed by atoms with Crippen molar-refractivity contribution in [2.45, 2.75) is 76.3 Å². The Bertz CT molecular complexity index is 817. The number of carbonyl (C=O) groups excluding carboxylic acids is 1. The van der Waals surface area contributed by atoms with E-state index < -0.39 is 15.8 Å². The minimum absolute atomic E-state index is 0.0530. The first kappa shape index (κ1) is 21.2. The van der Waals surface area contributed by atoms with Gasteiger partial charge in [-0.1, -0.05) is 26.7 Å². The van der Waals surface area contributed by atoms with Crippen LogP contribution in [0.3, 0.4) is 0 Å². The molecule has 0 radical (unpaired) electrons. The zero-order valence-electron chi connectivity index (χ0n) is 17.0. The summed E-state index contributed by atoms with van der Waals surface area (Å²) in [7, 11) is -3.93. The Morgan fingerprint density at radius 3 is 2.43 bits per heavy atom. The molecule has 156 valence electrons. The van der Waals surface area contributed by atoms with Crippen molar-refractivity contribution in [3.63, 3.8) is 0 Å². The monoisotopic (exact) mass is 410 g/mol. The van der Waals surface area contributed by atoms with Crippen molar-refractivity contribution in [2.24, 2.45) is 5.92 Å². The van der Waals surface area contributed by atoms with Crippen LogP contribution in [0, 0.1) is 11.7 Å². The fourth-order valence-corrected chi connectivity index (χ4v) is 5.49. The van der Waals surface area contributed by atoms with E-state index in [-0.39, 0.29) is 28.4 Å². The van der Waals surface area contributed by atoms with Crippen LogP contribution in [0.15, 0.2) is 23.1 Å². The van der Waals surface area contributed by atoms with E-state index in [4.69, 9.17) is 0 Å². The lowest BCUT2D eigenvalue weighted by Crippen LogP contribution is -2.43. The standard InChI is InChI=1S/C21H31FN2O3S/c1-4-15(2)16(3)24(18-9-10-18)21(25)17-8-11-19(22)20(14-17)28(26,27)23-12-6-5-7-13-23/h8,11,14-16,18H,4-7,9-10,12-13H2,1-3H3. The number of hydrogen-bond acceptors (Lipinski definition) is 3. The maximum atomic E-state index is 14.5. The van der Waals surface area contributed by atoms with E-state index in [2.05, 4.69) is 13.8 Å². The number of hydrogen-bond donors (Lipinski definition) is 0. The number of carbonyl (C=O) groups is 1. The van der Waals surface area contributed by atoms with Crippen LogP contribution < -0.4 is 0 Å². The Kier molecular flexibility index (Phi) is 6.44. The number of halogens is 1. The molecule has 7 heteroatoms. The highest BCUT2D eigenvalue weighted by molar-refractivity contribution is 7.89. The van der Waals surface area contributed by atoms with Gasteiger partial charge in [0.25, 0.3) is 5.91 Å². The van der Waals surface area contributed by atoms with Crippen LogP contribution in [0.5, 0.6) is 0 Å². The molecule has 0 aromatic heterocycles. The number of nitrogens with zero attached hydrogens (tertiary/aromatic N) is 2. The SMILES string of the molecule is CCC(C)C(C)N(C(=O)c1ccc(F)c(S(=O)(=O)N2CCCCC2)c1)C1CC1. The molecule has 3 rings (SSSR count). The summed E-state index contributed by atoms with van der Waals surface area (Å²) >= 11 is 0. The van der Waals surface area contributed by atoms with Crippen molar-refractivity contribution in [1.82, 2.24) is 9.21 Å². The Morgan fingerprint density at radius 2 is 1.86 bits per heavy atom. The lowest BCUT2D eigenvalue weighted by atomic mass is 9.98. The van der Waals surface area contributed by atoms with Gasteiger partial charge in [0.2, 0.25) is 10.0 Å². The van der Waals surface area contributed by atoms with Crippen LogP contribution in [0.25, 0.3) is 0 Å². The first-order valence-electron chi connectivity index (χ1n) is 10.4. The molecule has 0 spiro atoms. The highest BCUT2D eigenvalue weighted by atomic mass is 32.2. The third-order valence-corrected chi connectivity index (χ3v) is 8.11. The van der Waals surface area contributed by atoms with Gasteiger partial charge in [0, 0.05) is 30.7 Å². The van der Waals surface area contributed by atoms with E-state index in [0.29, 0.717) is 19.0 Å². The summed E-state index contributed by atoms with van der Waals surface area (Å²) in [6, 6.07) is 4.01. The van der Waals surface area contributed by atoms with E-state index in [0.717, 1.165) is 44.6 Å². The second-order valence-corrected chi connectivity index (χ2v) is 10.1. The average molecular weight is 411 g/mol. The van der Waals surface area contributed by atoms with Gasteiger partial charge in [0.05, 0.1) is 0 Å². The van der Waals surface area contributed by atoms with E-state index in [9.17, 15) is 17.6 Å². The number of sulfonamides is 1. The number of amides is 1. The Labute approximate surface area is 168 Å². The smallest absolute Gasteiger partial charge is 0.254 e. The molecule has 1 aromatic carbocycles. The fourth-order valence-electron chi connectivity index (χ4n) is 3.88. The molecule has 1 aromatic rings. The van der Waals surface area contributed by atoms with E-state index >= 15 is 0 Å². The number of piperidine rings is 1. The zero-order valence-corrected chi connectivity index (χ0v) is 17.8. The van der Waals surface area contributed by atoms with Crippen LogP contribution >= 0.6 is 0 Å². The summed E-state index contributed by atoms with van der Waals surface area (Å²) in [6.45, 7) is 7.06. The van der Waals surface area contributed by atoms with E-state index in [1.54, 1.807) is 0 Å². The van der Waals surface area contributed by atoms with E-state index in [1.165, 1.54) is 16.4 Å². The third kappa shape index (κ3) is 4.25. The summed E-state index contributed by atoms with van der Waals surface area (Å²) in [5.41, 5.74) is 0.249. The summed E-state index contributed by atoms with van der Waals surface area (Å²) in [6.07, 6.45) is 5.43. The lowest BCUT2D eigenvalue weighted by Gasteiger charge is -2.33. The molecule has 2 unspecified atom stereocenters.